The van der Waals surface area contributed by atoms with Gasteiger partial charge in [0.25, 0.3) is 5.91 Å². The highest BCUT2D eigenvalue weighted by atomic mass is 32.1. The topological polar surface area (TPSA) is 46.9 Å². The molecule has 0 aliphatic heterocycles. The summed E-state index contributed by atoms with van der Waals surface area (Å²) in [4.78, 5) is 16.8. The number of thiazole rings is 1. The van der Waals surface area contributed by atoms with Crippen LogP contribution in [0.25, 0.3) is 21.1 Å². The summed E-state index contributed by atoms with van der Waals surface area (Å²) in [6.45, 7) is 0. The molecule has 7 heteroatoms. The van der Waals surface area contributed by atoms with E-state index in [2.05, 4.69) is 10.3 Å². The van der Waals surface area contributed by atoms with Crippen molar-refractivity contribution in [3.8, 4) is 0 Å². The minimum absolute atomic E-state index is 0.347. The summed E-state index contributed by atoms with van der Waals surface area (Å²) in [6.07, 6.45) is 0. The fourth-order valence-electron chi connectivity index (χ4n) is 2.63. The number of hydrogen-bond acceptors (Lipinski definition) is 3. The lowest BCUT2D eigenvalue weighted by Gasteiger charge is -2.03. The molecule has 2 heterocycles. The highest BCUT2D eigenvalue weighted by Crippen LogP contribution is 2.27. The van der Waals surface area contributed by atoms with Gasteiger partial charge in [0.15, 0.2) is 5.13 Å². The Balaban J connectivity index is 1.69. The molecule has 1 amide bonds. The molecule has 0 saturated carbocycles. The molecule has 0 unspecified atom stereocenters. The number of carbonyl (C=O) groups is 1. The minimum Gasteiger partial charge on any atom is -0.340 e. The highest BCUT2D eigenvalue weighted by molar-refractivity contribution is 7.22. The molecule has 0 aliphatic rings. The monoisotopic (exact) mass is 343 g/mol. The average Bonchev–Trinajstić information content (AvgIpc) is 3.08. The van der Waals surface area contributed by atoms with E-state index in [1.807, 2.05) is 0 Å². The van der Waals surface area contributed by atoms with Crippen LogP contribution in [0.2, 0.25) is 0 Å². The van der Waals surface area contributed by atoms with E-state index >= 15 is 0 Å². The number of nitrogens with one attached hydrogen (secondary N) is 1. The van der Waals surface area contributed by atoms with Crippen LogP contribution in [-0.4, -0.2) is 15.5 Å². The fraction of sp³-hybridized carbons (Fsp3) is 0.0588. The number of aromatic nitrogens is 2. The van der Waals surface area contributed by atoms with E-state index in [1.54, 1.807) is 29.8 Å². The van der Waals surface area contributed by atoms with E-state index in [4.69, 9.17) is 0 Å². The summed E-state index contributed by atoms with van der Waals surface area (Å²) >= 11 is 1.20. The third-order valence-corrected chi connectivity index (χ3v) is 4.74. The van der Waals surface area contributed by atoms with Crippen molar-refractivity contribution in [2.75, 3.05) is 5.32 Å². The number of halogens is 2. The summed E-state index contributed by atoms with van der Waals surface area (Å²) < 4.78 is 28.9. The maximum absolute atomic E-state index is 13.4. The standard InChI is InChI=1S/C17H11F2N3OS/c1-22-13-7-10(18)3-2-9(13)6-14(22)16(23)21-17-20-12-5-4-11(19)8-15(12)24-17/h2-8H,1H3,(H,20,21,23). The van der Waals surface area contributed by atoms with Gasteiger partial charge in [0.05, 0.1) is 15.7 Å². The van der Waals surface area contributed by atoms with Gasteiger partial charge < -0.3 is 4.57 Å². The van der Waals surface area contributed by atoms with E-state index in [0.717, 1.165) is 5.39 Å². The second-order valence-electron chi connectivity index (χ2n) is 5.38. The predicted molar refractivity (Wildman–Crippen MR) is 90.4 cm³/mol. The molecule has 4 nitrogen and oxygen atoms in total. The Labute approximate surface area is 139 Å². The number of aryl methyl sites for hydroxylation is 1. The minimum atomic E-state index is -0.358. The largest absolute Gasteiger partial charge is 0.340 e. The number of rotatable bonds is 2. The normalized spacial score (nSPS) is 11.3. The van der Waals surface area contributed by atoms with Gasteiger partial charge in [-0.05, 0) is 42.5 Å². The summed E-state index contributed by atoms with van der Waals surface area (Å²) in [5.41, 5.74) is 1.64. The van der Waals surface area contributed by atoms with Crippen LogP contribution in [0, 0.1) is 11.6 Å². The zero-order valence-electron chi connectivity index (χ0n) is 12.5. The molecule has 0 spiro atoms. The van der Waals surface area contributed by atoms with Crippen molar-refractivity contribution >= 4 is 43.5 Å². The maximum Gasteiger partial charge on any atom is 0.274 e. The van der Waals surface area contributed by atoms with Gasteiger partial charge in [-0.25, -0.2) is 13.8 Å². The third kappa shape index (κ3) is 2.43. The first-order valence-corrected chi connectivity index (χ1v) is 7.95. The molecule has 0 aliphatic carbocycles. The van der Waals surface area contributed by atoms with Crippen molar-refractivity contribution in [3.63, 3.8) is 0 Å². The first-order valence-electron chi connectivity index (χ1n) is 7.14. The maximum atomic E-state index is 13.4. The summed E-state index contributed by atoms with van der Waals surface area (Å²) in [5, 5.41) is 3.87. The Hall–Kier alpha value is -2.80. The second kappa shape index (κ2) is 5.38. The highest BCUT2D eigenvalue weighted by Gasteiger charge is 2.16. The molecule has 4 aromatic rings. The number of hydrogen-bond donors (Lipinski definition) is 1. The quantitative estimate of drug-likeness (QED) is 0.589. The summed E-state index contributed by atoms with van der Waals surface area (Å²) in [5.74, 6) is -1.06. The smallest absolute Gasteiger partial charge is 0.274 e. The molecule has 0 atom stereocenters. The number of nitrogens with zero attached hydrogens (tertiary/aromatic N) is 2. The Morgan fingerprint density at radius 2 is 1.88 bits per heavy atom. The molecule has 0 radical (unpaired) electrons. The first-order chi connectivity index (χ1) is 11.5. The van der Waals surface area contributed by atoms with Crippen molar-refractivity contribution in [1.29, 1.82) is 0 Å². The molecule has 2 aromatic carbocycles. The SMILES string of the molecule is Cn1c(C(=O)Nc2nc3ccc(F)cc3s2)cc2ccc(F)cc21. The molecule has 4 rings (SSSR count). The van der Waals surface area contributed by atoms with Gasteiger partial charge in [-0.1, -0.05) is 11.3 Å². The number of amides is 1. The van der Waals surface area contributed by atoms with Gasteiger partial charge in [0, 0.05) is 12.4 Å². The molecule has 0 saturated heterocycles. The molecular formula is C17H11F2N3OS. The number of carbonyl (C=O) groups excluding carboxylic acids is 1. The van der Waals surface area contributed by atoms with E-state index in [1.165, 1.54) is 35.6 Å². The molecule has 0 bridgehead atoms. The zero-order valence-corrected chi connectivity index (χ0v) is 13.3. The Morgan fingerprint density at radius 1 is 1.12 bits per heavy atom. The van der Waals surface area contributed by atoms with Crippen LogP contribution in [0.1, 0.15) is 10.5 Å². The van der Waals surface area contributed by atoms with Crippen molar-refractivity contribution in [2.24, 2.45) is 7.05 Å². The molecule has 120 valence electrons. The van der Waals surface area contributed by atoms with Crippen LogP contribution in [-0.2, 0) is 7.05 Å². The zero-order chi connectivity index (χ0) is 16.8. The Bertz CT molecular complexity index is 1100. The first kappa shape index (κ1) is 14.8. The van der Waals surface area contributed by atoms with Gasteiger partial charge in [0.2, 0.25) is 0 Å². The molecule has 2 aromatic heterocycles. The molecular weight excluding hydrogens is 332 g/mol. The lowest BCUT2D eigenvalue weighted by atomic mass is 10.2. The second-order valence-corrected chi connectivity index (χ2v) is 6.41. The number of anilines is 1. The van der Waals surface area contributed by atoms with E-state index in [9.17, 15) is 13.6 Å². The third-order valence-electron chi connectivity index (χ3n) is 3.81. The van der Waals surface area contributed by atoms with Gasteiger partial charge in [-0.3, -0.25) is 10.1 Å². The Kier molecular flexibility index (Phi) is 3.31. The van der Waals surface area contributed by atoms with Crippen LogP contribution in [0.15, 0.2) is 42.5 Å². The number of benzene rings is 2. The molecule has 0 fully saturated rings. The van der Waals surface area contributed by atoms with Crippen molar-refractivity contribution in [2.45, 2.75) is 0 Å². The van der Waals surface area contributed by atoms with Crippen molar-refractivity contribution < 1.29 is 13.6 Å². The lowest BCUT2D eigenvalue weighted by Crippen LogP contribution is -2.15. The summed E-state index contributed by atoms with van der Waals surface area (Å²) in [6, 6.07) is 10.3. The van der Waals surface area contributed by atoms with Gasteiger partial charge >= 0.3 is 0 Å². The van der Waals surface area contributed by atoms with Gasteiger partial charge in [0.1, 0.15) is 17.3 Å². The number of fused-ring (bicyclic) bond motifs is 2. The van der Waals surface area contributed by atoms with E-state index in [0.29, 0.717) is 26.6 Å². The van der Waals surface area contributed by atoms with Crippen molar-refractivity contribution in [3.05, 3.63) is 59.8 Å². The van der Waals surface area contributed by atoms with Crippen molar-refractivity contribution in [1.82, 2.24) is 9.55 Å². The molecule has 1 N–H and O–H groups in total. The predicted octanol–water partition coefficient (Wildman–Crippen LogP) is 4.32. The van der Waals surface area contributed by atoms with Gasteiger partial charge in [-0.15, -0.1) is 0 Å². The van der Waals surface area contributed by atoms with Crippen LogP contribution in [0.4, 0.5) is 13.9 Å². The van der Waals surface area contributed by atoms with Crippen LogP contribution < -0.4 is 5.32 Å². The summed E-state index contributed by atoms with van der Waals surface area (Å²) in [7, 11) is 1.70. The average molecular weight is 343 g/mol. The van der Waals surface area contributed by atoms with Crippen LogP contribution >= 0.6 is 11.3 Å². The van der Waals surface area contributed by atoms with Gasteiger partial charge in [-0.2, -0.15) is 0 Å². The van der Waals surface area contributed by atoms with E-state index < -0.39 is 0 Å². The van der Waals surface area contributed by atoms with Crippen LogP contribution in [0.5, 0.6) is 0 Å². The van der Waals surface area contributed by atoms with E-state index in [-0.39, 0.29) is 17.5 Å². The lowest BCUT2D eigenvalue weighted by molar-refractivity contribution is 0.101. The molecule has 24 heavy (non-hydrogen) atoms. The Morgan fingerprint density at radius 3 is 2.71 bits per heavy atom. The fourth-order valence-corrected chi connectivity index (χ4v) is 3.52. The van der Waals surface area contributed by atoms with Crippen LogP contribution in [0.3, 0.4) is 0 Å².